The van der Waals surface area contributed by atoms with Gasteiger partial charge in [0.25, 0.3) is 0 Å². The van der Waals surface area contributed by atoms with Crippen LogP contribution in [0.2, 0.25) is 0 Å². The lowest BCUT2D eigenvalue weighted by atomic mass is 10.2. The first-order chi connectivity index (χ1) is 9.39. The number of rotatable bonds is 6. The second-order valence-electron chi connectivity index (χ2n) is 4.83. The Bertz CT molecular complexity index is 610. The predicted octanol–water partition coefficient (Wildman–Crippen LogP) is -0.766. The first kappa shape index (κ1) is 15.4. The van der Waals surface area contributed by atoms with Crippen LogP contribution in [-0.2, 0) is 26.3 Å². The number of aryl methyl sites for hydroxylation is 1. The Morgan fingerprint density at radius 3 is 2.65 bits per heavy atom. The van der Waals surface area contributed by atoms with Crippen LogP contribution in [0, 0.1) is 0 Å². The smallest absolute Gasteiger partial charge is 0.214 e. The van der Waals surface area contributed by atoms with Crippen molar-refractivity contribution >= 4 is 19.9 Å². The summed E-state index contributed by atoms with van der Waals surface area (Å²) in [5.41, 5.74) is 0. The van der Waals surface area contributed by atoms with Crippen molar-refractivity contribution in [3.8, 4) is 0 Å². The average molecular weight is 322 g/mol. The van der Waals surface area contributed by atoms with Crippen molar-refractivity contribution in [1.29, 1.82) is 0 Å². The zero-order chi connectivity index (χ0) is 14.6. The van der Waals surface area contributed by atoms with Crippen LogP contribution in [0.15, 0.2) is 6.33 Å². The Labute approximate surface area is 118 Å². The highest BCUT2D eigenvalue weighted by molar-refractivity contribution is 7.92. The van der Waals surface area contributed by atoms with E-state index in [1.54, 1.807) is 0 Å². The Morgan fingerprint density at radius 1 is 1.35 bits per heavy atom. The highest BCUT2D eigenvalue weighted by Crippen LogP contribution is 2.18. The lowest BCUT2D eigenvalue weighted by molar-refractivity contribution is 0.541. The molecule has 1 aliphatic heterocycles. The van der Waals surface area contributed by atoms with Crippen LogP contribution in [0.4, 0.5) is 0 Å². The zero-order valence-corrected chi connectivity index (χ0v) is 12.6. The molecule has 2 heterocycles. The monoisotopic (exact) mass is 322 g/mol. The Hall–Kier alpha value is -1.00. The summed E-state index contributed by atoms with van der Waals surface area (Å²) in [6.07, 6.45) is 2.99. The van der Waals surface area contributed by atoms with Gasteiger partial charge < -0.3 is 0 Å². The highest BCUT2D eigenvalue weighted by atomic mass is 32.2. The van der Waals surface area contributed by atoms with E-state index < -0.39 is 25.1 Å². The minimum Gasteiger partial charge on any atom is -0.263 e. The van der Waals surface area contributed by atoms with Crippen LogP contribution in [0.5, 0.6) is 0 Å². The molecule has 1 saturated heterocycles. The molecular weight excluding hydrogens is 304 g/mol. The van der Waals surface area contributed by atoms with Crippen LogP contribution in [-0.4, -0.2) is 55.3 Å². The number of hydrogen-bond donors (Lipinski definition) is 2. The molecule has 0 amide bonds. The van der Waals surface area contributed by atoms with E-state index in [1.807, 2.05) is 0 Å². The van der Waals surface area contributed by atoms with Gasteiger partial charge in [-0.3, -0.25) is 5.10 Å². The number of aromatic amines is 1. The van der Waals surface area contributed by atoms with Gasteiger partial charge in [-0.25, -0.2) is 26.5 Å². The molecule has 0 aromatic carbocycles. The van der Waals surface area contributed by atoms with Gasteiger partial charge in [-0.05, 0) is 19.3 Å². The molecule has 1 fully saturated rings. The molecule has 0 saturated carbocycles. The number of H-pyrrole nitrogens is 1. The predicted molar refractivity (Wildman–Crippen MR) is 73.3 cm³/mol. The summed E-state index contributed by atoms with van der Waals surface area (Å²) < 4.78 is 49.1. The zero-order valence-electron chi connectivity index (χ0n) is 10.9. The molecule has 2 N–H and O–H groups in total. The van der Waals surface area contributed by atoms with Gasteiger partial charge in [-0.1, -0.05) is 0 Å². The standard InChI is InChI=1S/C10H18N4O4S2/c15-19(16)6-3-9(4-7-19)20(17,18)13-5-1-2-10-11-8-12-14-10/h8-9,13H,1-7H2,(H,11,12,14). The number of sulfonamides is 1. The van der Waals surface area contributed by atoms with Gasteiger partial charge in [-0.15, -0.1) is 0 Å². The molecule has 2 rings (SSSR count). The van der Waals surface area contributed by atoms with E-state index >= 15 is 0 Å². The van der Waals surface area contributed by atoms with Gasteiger partial charge in [0, 0.05) is 13.0 Å². The van der Waals surface area contributed by atoms with E-state index in [4.69, 9.17) is 0 Å². The maximum atomic E-state index is 12.0. The lowest BCUT2D eigenvalue weighted by Gasteiger charge is -2.22. The normalized spacial score (nSPS) is 20.0. The third-order valence-electron chi connectivity index (χ3n) is 3.30. The molecule has 8 nitrogen and oxygen atoms in total. The van der Waals surface area contributed by atoms with E-state index in [9.17, 15) is 16.8 Å². The second-order valence-corrected chi connectivity index (χ2v) is 9.18. The summed E-state index contributed by atoms with van der Waals surface area (Å²) in [6.45, 7) is 0.312. The average Bonchev–Trinajstić information content (AvgIpc) is 2.87. The van der Waals surface area contributed by atoms with Crippen molar-refractivity contribution in [2.45, 2.75) is 30.9 Å². The minimum absolute atomic E-state index is 0.0450. The molecule has 0 unspecified atom stereocenters. The quantitative estimate of drug-likeness (QED) is 0.663. The fourth-order valence-electron chi connectivity index (χ4n) is 2.12. The molecule has 0 radical (unpaired) electrons. The van der Waals surface area contributed by atoms with Crippen molar-refractivity contribution in [3.05, 3.63) is 12.2 Å². The Morgan fingerprint density at radius 2 is 2.05 bits per heavy atom. The Balaban J connectivity index is 1.76. The van der Waals surface area contributed by atoms with Crippen molar-refractivity contribution in [2.24, 2.45) is 0 Å². The molecule has 1 aliphatic rings. The number of aromatic nitrogens is 3. The number of nitrogens with zero attached hydrogens (tertiary/aromatic N) is 2. The topological polar surface area (TPSA) is 122 Å². The minimum atomic E-state index is -3.44. The van der Waals surface area contributed by atoms with E-state index in [0.29, 0.717) is 25.2 Å². The third kappa shape index (κ3) is 4.25. The second kappa shape index (κ2) is 6.19. The van der Waals surface area contributed by atoms with Crippen molar-refractivity contribution in [3.63, 3.8) is 0 Å². The van der Waals surface area contributed by atoms with Crippen LogP contribution in [0.3, 0.4) is 0 Å². The molecule has 1 aromatic heterocycles. The van der Waals surface area contributed by atoms with Gasteiger partial charge in [0.05, 0.1) is 16.8 Å². The molecule has 10 heteroatoms. The first-order valence-corrected chi connectivity index (χ1v) is 9.79. The van der Waals surface area contributed by atoms with Gasteiger partial charge >= 0.3 is 0 Å². The summed E-state index contributed by atoms with van der Waals surface area (Å²) >= 11 is 0. The Kier molecular flexibility index (Phi) is 4.76. The van der Waals surface area contributed by atoms with Gasteiger partial charge in [-0.2, -0.15) is 5.10 Å². The SMILES string of the molecule is O=S1(=O)CCC(S(=O)(=O)NCCCc2ncn[nH]2)CC1. The third-order valence-corrected chi connectivity index (χ3v) is 6.97. The summed E-state index contributed by atoms with van der Waals surface area (Å²) in [5, 5.41) is 5.81. The summed E-state index contributed by atoms with van der Waals surface area (Å²) in [5.74, 6) is 0.626. The molecule has 0 bridgehead atoms. The number of nitrogens with one attached hydrogen (secondary N) is 2. The van der Waals surface area contributed by atoms with E-state index in [-0.39, 0.29) is 24.3 Å². The molecule has 0 aliphatic carbocycles. The fraction of sp³-hybridized carbons (Fsp3) is 0.800. The molecular formula is C10H18N4O4S2. The molecule has 20 heavy (non-hydrogen) atoms. The molecule has 1 aromatic rings. The van der Waals surface area contributed by atoms with Crippen molar-refractivity contribution in [1.82, 2.24) is 19.9 Å². The van der Waals surface area contributed by atoms with Crippen LogP contribution in [0.1, 0.15) is 25.1 Å². The number of sulfone groups is 1. The fourth-order valence-corrected chi connectivity index (χ4v) is 5.43. The summed E-state index contributed by atoms with van der Waals surface area (Å²) in [7, 11) is -6.48. The van der Waals surface area contributed by atoms with Crippen LogP contribution < -0.4 is 4.72 Å². The molecule has 0 spiro atoms. The first-order valence-electron chi connectivity index (χ1n) is 6.42. The van der Waals surface area contributed by atoms with E-state index in [1.165, 1.54) is 6.33 Å². The summed E-state index contributed by atoms with van der Waals surface area (Å²) in [4.78, 5) is 3.95. The maximum Gasteiger partial charge on any atom is 0.214 e. The van der Waals surface area contributed by atoms with Crippen LogP contribution in [0.25, 0.3) is 0 Å². The van der Waals surface area contributed by atoms with Gasteiger partial charge in [0.1, 0.15) is 22.0 Å². The summed E-state index contributed by atoms with van der Waals surface area (Å²) in [6, 6.07) is 0. The molecule has 114 valence electrons. The highest BCUT2D eigenvalue weighted by Gasteiger charge is 2.32. The lowest BCUT2D eigenvalue weighted by Crippen LogP contribution is -2.40. The maximum absolute atomic E-state index is 12.0. The van der Waals surface area contributed by atoms with E-state index in [2.05, 4.69) is 19.9 Å². The largest absolute Gasteiger partial charge is 0.263 e. The van der Waals surface area contributed by atoms with Crippen LogP contribution >= 0.6 is 0 Å². The van der Waals surface area contributed by atoms with E-state index in [0.717, 1.165) is 0 Å². The van der Waals surface area contributed by atoms with Crippen molar-refractivity contribution < 1.29 is 16.8 Å². The van der Waals surface area contributed by atoms with Gasteiger partial charge in [0.15, 0.2) is 0 Å². The molecule has 0 atom stereocenters. The van der Waals surface area contributed by atoms with Crippen molar-refractivity contribution in [2.75, 3.05) is 18.1 Å². The van der Waals surface area contributed by atoms with Gasteiger partial charge in [0.2, 0.25) is 10.0 Å². The number of hydrogen-bond acceptors (Lipinski definition) is 6.